The number of hydrogen-bond donors (Lipinski definition) is 1. The Bertz CT molecular complexity index is 1110. The van der Waals surface area contributed by atoms with Crippen LogP contribution in [0.5, 0.6) is 0 Å². The lowest BCUT2D eigenvalue weighted by Crippen LogP contribution is -2.59. The van der Waals surface area contributed by atoms with Gasteiger partial charge in [0.1, 0.15) is 5.56 Å². The highest BCUT2D eigenvalue weighted by atomic mass is 35.5. The van der Waals surface area contributed by atoms with Crippen LogP contribution >= 0.6 is 22.9 Å². The number of likely N-dealkylation sites (tertiary alicyclic amines) is 2. The van der Waals surface area contributed by atoms with Crippen LogP contribution in [0.3, 0.4) is 0 Å². The molecule has 2 fully saturated rings. The van der Waals surface area contributed by atoms with Crippen molar-refractivity contribution in [1.29, 1.82) is 0 Å². The normalized spacial score (nSPS) is 18.6. The molecule has 0 saturated carbocycles. The second-order valence-electron chi connectivity index (χ2n) is 10.3. The molecule has 0 aliphatic carbocycles. The van der Waals surface area contributed by atoms with Gasteiger partial charge in [-0.1, -0.05) is 0 Å². The number of amides is 3. The van der Waals surface area contributed by atoms with Gasteiger partial charge >= 0.3 is 6.03 Å². The van der Waals surface area contributed by atoms with Crippen LogP contribution in [0.4, 0.5) is 4.79 Å². The number of aromatic nitrogens is 1. The number of aryl methyl sites for hydroxylation is 1. The van der Waals surface area contributed by atoms with E-state index < -0.39 is 0 Å². The molecular weight excluding hydrogens is 514 g/mol. The van der Waals surface area contributed by atoms with Crippen LogP contribution in [0.25, 0.3) is 0 Å². The van der Waals surface area contributed by atoms with Gasteiger partial charge in [-0.05, 0) is 79.1 Å². The highest BCUT2D eigenvalue weighted by molar-refractivity contribution is 7.07. The van der Waals surface area contributed by atoms with Gasteiger partial charge in [0.25, 0.3) is 11.1 Å². The number of hydroxylamine groups is 1. The fourth-order valence-corrected chi connectivity index (χ4v) is 6.61. The number of thiophene rings is 1. The third kappa shape index (κ3) is 5.87. The van der Waals surface area contributed by atoms with E-state index in [4.69, 9.17) is 16.4 Å². The SMILES string of the molecule is CONC(=O)N(Cc1ccsc1)C1CCN(C2(C)CCN(C(=O)c3c(C)cc(Cl)[n+]([O-])c3C)CC2)CC1. The van der Waals surface area contributed by atoms with Crippen molar-refractivity contribution in [3.63, 3.8) is 0 Å². The molecule has 2 aromatic heterocycles. The van der Waals surface area contributed by atoms with Gasteiger partial charge < -0.3 is 15.0 Å². The Hall–Kier alpha value is -2.40. The maximum absolute atomic E-state index is 13.3. The molecule has 4 heterocycles. The minimum atomic E-state index is -0.211. The summed E-state index contributed by atoms with van der Waals surface area (Å²) < 4.78 is 0.620. The molecule has 1 N–H and O–H groups in total. The smallest absolute Gasteiger partial charge is 0.341 e. The standard InChI is InChI=1S/C26H36ClN5O4S/c1-18-15-22(27)32(35)19(2)23(18)24(33)29-12-8-26(3,9-13-29)30-10-5-21(6-11-30)31(25(34)28-36-4)16-20-7-14-37-17-20/h7,14-15,17,21H,5-6,8-13,16H2,1-4H3,(H,28,34). The minimum Gasteiger partial charge on any atom is -0.617 e. The second kappa shape index (κ2) is 11.6. The van der Waals surface area contributed by atoms with E-state index in [1.54, 1.807) is 24.3 Å². The molecule has 0 aromatic carbocycles. The van der Waals surface area contributed by atoms with Crippen molar-refractivity contribution in [3.8, 4) is 0 Å². The Kier molecular flexibility index (Phi) is 8.63. The highest BCUT2D eigenvalue weighted by Crippen LogP contribution is 2.33. The van der Waals surface area contributed by atoms with Gasteiger partial charge in [0.2, 0.25) is 5.69 Å². The van der Waals surface area contributed by atoms with Crippen LogP contribution in [0.1, 0.15) is 59.8 Å². The largest absolute Gasteiger partial charge is 0.617 e. The number of urea groups is 1. The molecule has 2 saturated heterocycles. The predicted molar refractivity (Wildman–Crippen MR) is 143 cm³/mol. The van der Waals surface area contributed by atoms with Gasteiger partial charge in [-0.3, -0.25) is 14.5 Å². The molecule has 37 heavy (non-hydrogen) atoms. The molecule has 202 valence electrons. The number of hydrogen-bond acceptors (Lipinski definition) is 6. The van der Waals surface area contributed by atoms with Crippen LogP contribution in [0.2, 0.25) is 5.15 Å². The molecule has 11 heteroatoms. The zero-order valence-corrected chi connectivity index (χ0v) is 23.5. The van der Waals surface area contributed by atoms with Crippen LogP contribution in [0.15, 0.2) is 22.9 Å². The molecular formula is C26H36ClN5O4S. The third-order valence-electron chi connectivity index (χ3n) is 7.98. The number of carbonyl (C=O) groups excluding carboxylic acids is 2. The number of piperidine rings is 2. The van der Waals surface area contributed by atoms with Gasteiger partial charge in [0.05, 0.1) is 7.11 Å². The molecule has 0 radical (unpaired) electrons. The van der Waals surface area contributed by atoms with Gasteiger partial charge in [-0.15, -0.1) is 0 Å². The Morgan fingerprint density at radius 2 is 1.95 bits per heavy atom. The summed E-state index contributed by atoms with van der Waals surface area (Å²) >= 11 is 7.62. The molecule has 4 rings (SSSR count). The summed E-state index contributed by atoms with van der Waals surface area (Å²) in [6, 6.07) is 3.53. The molecule has 0 spiro atoms. The summed E-state index contributed by atoms with van der Waals surface area (Å²) in [6.45, 7) is 9.35. The Morgan fingerprint density at radius 1 is 1.27 bits per heavy atom. The predicted octanol–water partition coefficient (Wildman–Crippen LogP) is 3.88. The van der Waals surface area contributed by atoms with E-state index in [1.807, 2.05) is 28.2 Å². The van der Waals surface area contributed by atoms with Crippen molar-refractivity contribution in [2.75, 3.05) is 33.3 Å². The summed E-state index contributed by atoms with van der Waals surface area (Å²) in [5, 5.41) is 16.4. The van der Waals surface area contributed by atoms with Crippen molar-refractivity contribution in [3.05, 3.63) is 55.6 Å². The van der Waals surface area contributed by atoms with Crippen LogP contribution in [-0.4, -0.2) is 71.5 Å². The van der Waals surface area contributed by atoms with Crippen molar-refractivity contribution in [2.24, 2.45) is 0 Å². The van der Waals surface area contributed by atoms with Gasteiger partial charge in [0, 0.05) is 57.3 Å². The number of halogens is 1. The summed E-state index contributed by atoms with van der Waals surface area (Å²) in [4.78, 5) is 37.2. The fraction of sp³-hybridized carbons (Fsp3) is 0.577. The summed E-state index contributed by atoms with van der Waals surface area (Å²) in [6.07, 6.45) is 3.48. The fourth-order valence-electron chi connectivity index (χ4n) is 5.66. The first-order valence-electron chi connectivity index (χ1n) is 12.7. The van der Waals surface area contributed by atoms with Crippen molar-refractivity contribution in [2.45, 2.75) is 64.6 Å². The number of nitrogens with one attached hydrogen (secondary N) is 1. The lowest BCUT2D eigenvalue weighted by Gasteiger charge is -2.50. The molecule has 3 amide bonds. The average molecular weight is 550 g/mol. The molecule has 2 aromatic rings. The Morgan fingerprint density at radius 3 is 2.54 bits per heavy atom. The van der Waals surface area contributed by atoms with Crippen LogP contribution < -0.4 is 10.2 Å². The number of nitrogens with zero attached hydrogens (tertiary/aromatic N) is 4. The number of rotatable bonds is 6. The van der Waals surface area contributed by atoms with Crippen molar-refractivity contribution < 1.29 is 19.2 Å². The van der Waals surface area contributed by atoms with E-state index in [0.717, 1.165) is 49.9 Å². The molecule has 2 aliphatic rings. The van der Waals surface area contributed by atoms with Gasteiger partial charge in [-0.25, -0.2) is 10.3 Å². The van der Waals surface area contributed by atoms with Crippen molar-refractivity contribution >= 4 is 34.9 Å². The molecule has 9 nitrogen and oxygen atoms in total. The Balaban J connectivity index is 1.37. The molecule has 0 atom stereocenters. The first-order valence-corrected chi connectivity index (χ1v) is 14.0. The maximum Gasteiger partial charge on any atom is 0.341 e. The van der Waals surface area contributed by atoms with E-state index in [9.17, 15) is 14.8 Å². The van der Waals surface area contributed by atoms with Gasteiger partial charge in [-0.2, -0.15) is 16.1 Å². The zero-order valence-electron chi connectivity index (χ0n) is 22.0. The van der Waals surface area contributed by atoms with Gasteiger partial charge in [0.15, 0.2) is 0 Å². The summed E-state index contributed by atoms with van der Waals surface area (Å²) in [5.74, 6) is -0.106. The Labute approximate surface area is 227 Å². The summed E-state index contributed by atoms with van der Waals surface area (Å²) in [5.41, 5.74) is 5.11. The molecule has 0 unspecified atom stereocenters. The van der Waals surface area contributed by atoms with E-state index in [1.165, 1.54) is 7.11 Å². The quantitative estimate of drug-likeness (QED) is 0.255. The first-order chi connectivity index (χ1) is 17.6. The number of carbonyl (C=O) groups is 2. The molecule has 2 aliphatic heterocycles. The minimum absolute atomic E-state index is 0.0166. The summed E-state index contributed by atoms with van der Waals surface area (Å²) in [7, 11) is 1.45. The van der Waals surface area contributed by atoms with Crippen LogP contribution in [0, 0.1) is 19.1 Å². The third-order valence-corrected chi connectivity index (χ3v) is 8.98. The average Bonchev–Trinajstić information content (AvgIpc) is 3.40. The van der Waals surface area contributed by atoms with E-state index in [2.05, 4.69) is 22.7 Å². The van der Waals surface area contributed by atoms with Crippen molar-refractivity contribution in [1.82, 2.24) is 20.2 Å². The monoisotopic (exact) mass is 549 g/mol. The van der Waals surface area contributed by atoms with Crippen LogP contribution in [-0.2, 0) is 11.4 Å². The van der Waals surface area contributed by atoms with E-state index in [0.29, 0.717) is 35.6 Å². The lowest BCUT2D eigenvalue weighted by molar-refractivity contribution is -0.610. The molecule has 0 bridgehead atoms. The topological polar surface area (TPSA) is 92.1 Å². The number of pyridine rings is 1. The van der Waals surface area contributed by atoms with E-state index >= 15 is 0 Å². The first kappa shape index (κ1) is 27.6. The lowest BCUT2D eigenvalue weighted by atomic mass is 9.85. The van der Waals surface area contributed by atoms with E-state index in [-0.39, 0.29) is 28.7 Å². The highest BCUT2D eigenvalue weighted by Gasteiger charge is 2.40. The zero-order chi connectivity index (χ0) is 26.7. The maximum atomic E-state index is 13.3. The second-order valence-corrected chi connectivity index (χ2v) is 11.5.